The van der Waals surface area contributed by atoms with Crippen molar-refractivity contribution >= 4 is 26.0 Å². The van der Waals surface area contributed by atoms with Crippen molar-refractivity contribution in [2.75, 3.05) is 13.1 Å². The molecule has 0 amide bonds. The van der Waals surface area contributed by atoms with Gasteiger partial charge in [0.15, 0.2) is 0 Å². The second kappa shape index (κ2) is 5.06. The molecule has 2 N–H and O–H groups in total. The lowest BCUT2D eigenvalue weighted by molar-refractivity contribution is 0.316. The summed E-state index contributed by atoms with van der Waals surface area (Å²) in [6, 6.07) is 6.71. The molecule has 1 atom stereocenters. The number of benzene rings is 1. The minimum Gasteiger partial charge on any atom is -0.327 e. The lowest BCUT2D eigenvalue weighted by Gasteiger charge is -2.29. The van der Waals surface area contributed by atoms with Crippen molar-refractivity contribution < 1.29 is 8.42 Å². The average molecular weight is 319 g/mol. The largest absolute Gasteiger partial charge is 0.327 e. The lowest BCUT2D eigenvalue weighted by atomic mass is 10.1. The van der Waals surface area contributed by atoms with E-state index in [1.54, 1.807) is 24.3 Å². The lowest BCUT2D eigenvalue weighted by Crippen LogP contribution is -2.45. The average Bonchev–Trinajstić information content (AvgIpc) is 2.29. The van der Waals surface area contributed by atoms with Gasteiger partial charge in [-0.2, -0.15) is 4.31 Å². The van der Waals surface area contributed by atoms with Crippen LogP contribution in [0.15, 0.2) is 33.6 Å². The van der Waals surface area contributed by atoms with Gasteiger partial charge in [-0.25, -0.2) is 8.42 Å². The van der Waals surface area contributed by atoms with E-state index in [2.05, 4.69) is 15.9 Å². The van der Waals surface area contributed by atoms with Crippen LogP contribution in [-0.4, -0.2) is 31.9 Å². The number of halogens is 1. The fourth-order valence-corrected chi connectivity index (χ4v) is 4.10. The molecule has 1 aliphatic rings. The summed E-state index contributed by atoms with van der Waals surface area (Å²) in [5.74, 6) is 0. The van der Waals surface area contributed by atoms with Gasteiger partial charge in [-0.05, 0) is 31.0 Å². The standard InChI is InChI=1S/C11H15BrN2O2S/c12-9-3-1-5-11(7-9)17(15,16)14-6-2-4-10(13)8-14/h1,3,5,7,10H,2,4,6,8,13H2. The molecule has 1 unspecified atom stereocenters. The van der Waals surface area contributed by atoms with Crippen molar-refractivity contribution in [2.24, 2.45) is 5.73 Å². The second-order valence-electron chi connectivity index (χ2n) is 4.22. The van der Waals surface area contributed by atoms with Crippen LogP contribution in [0.3, 0.4) is 0 Å². The molecule has 0 aromatic heterocycles. The molecule has 17 heavy (non-hydrogen) atoms. The van der Waals surface area contributed by atoms with Gasteiger partial charge in [0.05, 0.1) is 4.90 Å². The molecule has 0 radical (unpaired) electrons. The molecule has 1 aliphatic heterocycles. The van der Waals surface area contributed by atoms with E-state index in [0.717, 1.165) is 17.3 Å². The number of hydrogen-bond donors (Lipinski definition) is 1. The maximum Gasteiger partial charge on any atom is 0.243 e. The molecule has 0 aliphatic carbocycles. The molecule has 1 aromatic carbocycles. The van der Waals surface area contributed by atoms with Crippen LogP contribution >= 0.6 is 15.9 Å². The van der Waals surface area contributed by atoms with E-state index < -0.39 is 10.0 Å². The van der Waals surface area contributed by atoms with Crippen molar-refractivity contribution in [1.82, 2.24) is 4.31 Å². The highest BCUT2D eigenvalue weighted by Gasteiger charge is 2.28. The first-order chi connectivity index (χ1) is 8.00. The number of rotatable bonds is 2. The third kappa shape index (κ3) is 2.88. The molecule has 6 heteroatoms. The molecule has 0 saturated carbocycles. The van der Waals surface area contributed by atoms with Gasteiger partial charge in [-0.3, -0.25) is 0 Å². The molecule has 0 spiro atoms. The van der Waals surface area contributed by atoms with Crippen LogP contribution in [0.5, 0.6) is 0 Å². The Morgan fingerprint density at radius 3 is 2.82 bits per heavy atom. The third-order valence-corrected chi connectivity index (χ3v) is 5.21. The predicted octanol–water partition coefficient (Wildman–Crippen LogP) is 1.56. The van der Waals surface area contributed by atoms with Crippen LogP contribution in [-0.2, 0) is 10.0 Å². The topological polar surface area (TPSA) is 63.4 Å². The fraction of sp³-hybridized carbons (Fsp3) is 0.455. The summed E-state index contributed by atoms with van der Waals surface area (Å²) in [5.41, 5.74) is 5.81. The molecular formula is C11H15BrN2O2S. The normalized spacial score (nSPS) is 22.6. The van der Waals surface area contributed by atoms with E-state index in [4.69, 9.17) is 5.73 Å². The van der Waals surface area contributed by atoms with Gasteiger partial charge in [0, 0.05) is 23.6 Å². The molecule has 1 fully saturated rings. The van der Waals surface area contributed by atoms with Gasteiger partial charge >= 0.3 is 0 Å². The van der Waals surface area contributed by atoms with Crippen molar-refractivity contribution in [3.05, 3.63) is 28.7 Å². The van der Waals surface area contributed by atoms with Gasteiger partial charge < -0.3 is 5.73 Å². The van der Waals surface area contributed by atoms with Crippen molar-refractivity contribution in [1.29, 1.82) is 0 Å². The summed E-state index contributed by atoms with van der Waals surface area (Å²) in [4.78, 5) is 0.320. The zero-order valence-corrected chi connectivity index (χ0v) is 11.7. The molecular weight excluding hydrogens is 304 g/mol. The van der Waals surface area contributed by atoms with Gasteiger partial charge in [0.25, 0.3) is 0 Å². The zero-order chi connectivity index (χ0) is 12.5. The van der Waals surface area contributed by atoms with Crippen molar-refractivity contribution in [3.63, 3.8) is 0 Å². The summed E-state index contributed by atoms with van der Waals surface area (Å²) in [6.45, 7) is 0.970. The van der Waals surface area contributed by atoms with Gasteiger partial charge in [0.2, 0.25) is 10.0 Å². The SMILES string of the molecule is NC1CCCN(S(=O)(=O)c2cccc(Br)c2)C1. The second-order valence-corrected chi connectivity index (χ2v) is 7.08. The highest BCUT2D eigenvalue weighted by molar-refractivity contribution is 9.10. The van der Waals surface area contributed by atoms with Crippen LogP contribution in [0.4, 0.5) is 0 Å². The number of nitrogens with zero attached hydrogens (tertiary/aromatic N) is 1. The Morgan fingerprint density at radius 1 is 1.41 bits per heavy atom. The Kier molecular flexibility index (Phi) is 3.87. The summed E-state index contributed by atoms with van der Waals surface area (Å²) < 4.78 is 26.9. The monoisotopic (exact) mass is 318 g/mol. The summed E-state index contributed by atoms with van der Waals surface area (Å²) in [5, 5.41) is 0. The van der Waals surface area contributed by atoms with E-state index in [9.17, 15) is 8.42 Å². The highest BCUT2D eigenvalue weighted by atomic mass is 79.9. The van der Waals surface area contributed by atoms with Crippen LogP contribution < -0.4 is 5.73 Å². The van der Waals surface area contributed by atoms with E-state index >= 15 is 0 Å². The maximum absolute atomic E-state index is 12.3. The summed E-state index contributed by atoms with van der Waals surface area (Å²) in [7, 11) is -3.39. The number of piperidine rings is 1. The van der Waals surface area contributed by atoms with Gasteiger partial charge in [-0.15, -0.1) is 0 Å². The quantitative estimate of drug-likeness (QED) is 0.900. The van der Waals surface area contributed by atoms with E-state index in [0.29, 0.717) is 18.0 Å². The molecule has 0 bridgehead atoms. The first-order valence-electron chi connectivity index (χ1n) is 5.51. The first kappa shape index (κ1) is 13.0. The molecule has 4 nitrogen and oxygen atoms in total. The van der Waals surface area contributed by atoms with E-state index in [-0.39, 0.29) is 6.04 Å². The van der Waals surface area contributed by atoms with Crippen LogP contribution in [0, 0.1) is 0 Å². The first-order valence-corrected chi connectivity index (χ1v) is 7.75. The van der Waals surface area contributed by atoms with Crippen LogP contribution in [0.2, 0.25) is 0 Å². The van der Waals surface area contributed by atoms with Gasteiger partial charge in [0.1, 0.15) is 0 Å². The number of sulfonamides is 1. The Hall–Kier alpha value is -0.430. The molecule has 1 heterocycles. The van der Waals surface area contributed by atoms with Crippen LogP contribution in [0.25, 0.3) is 0 Å². The highest BCUT2D eigenvalue weighted by Crippen LogP contribution is 2.22. The van der Waals surface area contributed by atoms with E-state index in [1.807, 2.05) is 0 Å². The maximum atomic E-state index is 12.3. The van der Waals surface area contributed by atoms with Crippen molar-refractivity contribution in [2.45, 2.75) is 23.8 Å². The zero-order valence-electron chi connectivity index (χ0n) is 9.34. The smallest absolute Gasteiger partial charge is 0.243 e. The molecule has 94 valence electrons. The number of hydrogen-bond acceptors (Lipinski definition) is 3. The molecule has 2 rings (SSSR count). The van der Waals surface area contributed by atoms with Crippen LogP contribution in [0.1, 0.15) is 12.8 Å². The summed E-state index contributed by atoms with van der Waals surface area (Å²) >= 11 is 3.28. The Bertz CT molecular complexity index is 504. The molecule has 1 saturated heterocycles. The van der Waals surface area contributed by atoms with Crippen molar-refractivity contribution in [3.8, 4) is 0 Å². The Labute approximate surface area is 110 Å². The summed E-state index contributed by atoms with van der Waals surface area (Å²) in [6.07, 6.45) is 1.72. The van der Waals surface area contributed by atoms with Gasteiger partial charge in [-0.1, -0.05) is 22.0 Å². The predicted molar refractivity (Wildman–Crippen MR) is 70.1 cm³/mol. The minimum absolute atomic E-state index is 0.0503. The number of nitrogens with two attached hydrogens (primary N) is 1. The van der Waals surface area contributed by atoms with E-state index in [1.165, 1.54) is 4.31 Å². The third-order valence-electron chi connectivity index (χ3n) is 2.85. The minimum atomic E-state index is -3.39. The Balaban J connectivity index is 2.29. The Morgan fingerprint density at radius 2 is 2.18 bits per heavy atom. The molecule has 1 aromatic rings. The fourth-order valence-electron chi connectivity index (χ4n) is 1.97.